The van der Waals surface area contributed by atoms with Crippen LogP contribution in [0, 0.1) is 0 Å². The van der Waals surface area contributed by atoms with E-state index in [1.807, 2.05) is 30.3 Å². The number of allylic oxidation sites excluding steroid dienone is 2. The lowest BCUT2D eigenvalue weighted by Gasteiger charge is -2.26. The Bertz CT molecular complexity index is 537. The van der Waals surface area contributed by atoms with Gasteiger partial charge in [0, 0.05) is 6.54 Å². The molecule has 0 saturated carbocycles. The second kappa shape index (κ2) is 5.39. The molecule has 1 amide bonds. The van der Waals surface area contributed by atoms with Gasteiger partial charge in [0.1, 0.15) is 0 Å². The van der Waals surface area contributed by atoms with Gasteiger partial charge in [0.05, 0.1) is 0 Å². The Hall–Kier alpha value is -2.56. The molecule has 98 valence electrons. The van der Waals surface area contributed by atoms with Gasteiger partial charge in [-0.05, 0) is 23.9 Å². The fraction of sp³-hybridized carbons (Fsp3) is 0.143. The minimum Gasteiger partial charge on any atom is -0.479 e. The van der Waals surface area contributed by atoms with Crippen LogP contribution in [0.4, 0.5) is 0 Å². The number of nitrogens with one attached hydrogen (secondary N) is 2. The van der Waals surface area contributed by atoms with E-state index in [9.17, 15) is 14.7 Å². The van der Waals surface area contributed by atoms with Crippen LogP contribution < -0.4 is 10.6 Å². The predicted molar refractivity (Wildman–Crippen MR) is 70.1 cm³/mol. The normalized spacial score (nSPS) is 20.6. The van der Waals surface area contributed by atoms with E-state index in [-0.39, 0.29) is 6.54 Å². The Morgan fingerprint density at radius 1 is 1.21 bits per heavy atom. The number of hydrogen-bond donors (Lipinski definition) is 3. The van der Waals surface area contributed by atoms with Crippen molar-refractivity contribution in [3.8, 4) is 0 Å². The highest BCUT2D eigenvalue weighted by molar-refractivity contribution is 6.09. The molecule has 1 atom stereocenters. The molecule has 19 heavy (non-hydrogen) atoms. The Balaban J connectivity index is 2.07. The molecule has 1 aliphatic heterocycles. The minimum atomic E-state index is -1.73. The molecule has 0 radical (unpaired) electrons. The van der Waals surface area contributed by atoms with Gasteiger partial charge >= 0.3 is 5.97 Å². The topological polar surface area (TPSA) is 78.4 Å². The summed E-state index contributed by atoms with van der Waals surface area (Å²) in [6, 6.07) is 9.31. The Kier molecular flexibility index (Phi) is 3.66. The number of dihydropyridines is 1. The van der Waals surface area contributed by atoms with E-state index in [1.54, 1.807) is 6.08 Å². The highest BCUT2D eigenvalue weighted by atomic mass is 16.4. The van der Waals surface area contributed by atoms with Gasteiger partial charge in [-0.25, -0.2) is 4.79 Å². The summed E-state index contributed by atoms with van der Waals surface area (Å²) in [6.45, 7) is 0.286. The lowest BCUT2D eigenvalue weighted by Crippen LogP contribution is -2.59. The zero-order valence-corrected chi connectivity index (χ0v) is 10.2. The molecule has 0 fully saturated rings. The molecule has 2 rings (SSSR count). The smallest absolute Gasteiger partial charge is 0.343 e. The van der Waals surface area contributed by atoms with Gasteiger partial charge in [-0.15, -0.1) is 0 Å². The SMILES string of the molecule is O=C(O)C1(C(=O)NCc2ccccc2)C=CC=CN1. The summed E-state index contributed by atoms with van der Waals surface area (Å²) in [7, 11) is 0. The van der Waals surface area contributed by atoms with Crippen LogP contribution in [-0.2, 0) is 16.1 Å². The summed E-state index contributed by atoms with van der Waals surface area (Å²) in [4.78, 5) is 23.4. The first-order chi connectivity index (χ1) is 9.15. The number of hydrogen-bond acceptors (Lipinski definition) is 3. The average molecular weight is 258 g/mol. The van der Waals surface area contributed by atoms with Crippen LogP contribution in [0.1, 0.15) is 5.56 Å². The molecule has 0 aromatic heterocycles. The van der Waals surface area contributed by atoms with E-state index in [2.05, 4.69) is 10.6 Å². The van der Waals surface area contributed by atoms with Gasteiger partial charge in [-0.1, -0.05) is 36.4 Å². The van der Waals surface area contributed by atoms with Gasteiger partial charge in [-0.2, -0.15) is 0 Å². The van der Waals surface area contributed by atoms with E-state index in [0.29, 0.717) is 0 Å². The molecule has 0 spiro atoms. The maximum Gasteiger partial charge on any atom is 0.343 e. The van der Waals surface area contributed by atoms with Crippen LogP contribution in [0.5, 0.6) is 0 Å². The third-order valence-corrected chi connectivity index (χ3v) is 2.86. The van der Waals surface area contributed by atoms with Crippen molar-refractivity contribution in [2.75, 3.05) is 0 Å². The van der Waals surface area contributed by atoms with Crippen LogP contribution in [0.2, 0.25) is 0 Å². The van der Waals surface area contributed by atoms with Crippen molar-refractivity contribution in [2.24, 2.45) is 0 Å². The van der Waals surface area contributed by atoms with Crippen LogP contribution >= 0.6 is 0 Å². The van der Waals surface area contributed by atoms with E-state index < -0.39 is 17.4 Å². The lowest BCUT2D eigenvalue weighted by molar-refractivity contribution is -0.147. The third kappa shape index (κ3) is 2.65. The van der Waals surface area contributed by atoms with Crippen molar-refractivity contribution in [3.63, 3.8) is 0 Å². The monoisotopic (exact) mass is 258 g/mol. The first kappa shape index (κ1) is 12.9. The molecular weight excluding hydrogens is 244 g/mol. The van der Waals surface area contributed by atoms with Crippen molar-refractivity contribution in [2.45, 2.75) is 12.1 Å². The number of rotatable bonds is 4. The minimum absolute atomic E-state index is 0.286. The number of amides is 1. The van der Waals surface area contributed by atoms with E-state index in [4.69, 9.17) is 0 Å². The summed E-state index contributed by atoms with van der Waals surface area (Å²) in [6.07, 6.45) is 5.93. The van der Waals surface area contributed by atoms with E-state index in [0.717, 1.165) is 5.56 Å². The molecule has 5 heteroatoms. The fourth-order valence-corrected chi connectivity index (χ4v) is 1.77. The Morgan fingerprint density at radius 2 is 1.95 bits per heavy atom. The van der Waals surface area contributed by atoms with Gasteiger partial charge in [0.2, 0.25) is 5.54 Å². The second-order valence-electron chi connectivity index (χ2n) is 4.14. The van der Waals surface area contributed by atoms with Gasteiger partial charge in [-0.3, -0.25) is 4.79 Å². The maximum atomic E-state index is 12.1. The zero-order chi connectivity index (χ0) is 13.7. The molecular formula is C14H14N2O3. The summed E-state index contributed by atoms with van der Waals surface area (Å²) in [5.74, 6) is -1.83. The molecule has 5 nitrogen and oxygen atoms in total. The molecule has 3 N–H and O–H groups in total. The number of benzene rings is 1. The molecule has 1 unspecified atom stereocenters. The van der Waals surface area contributed by atoms with Crippen LogP contribution in [0.15, 0.2) is 54.8 Å². The van der Waals surface area contributed by atoms with Crippen LogP contribution in [0.25, 0.3) is 0 Å². The summed E-state index contributed by atoms with van der Waals surface area (Å²) in [5, 5.41) is 14.5. The van der Waals surface area contributed by atoms with Crippen LogP contribution in [0.3, 0.4) is 0 Å². The maximum absolute atomic E-state index is 12.1. The summed E-state index contributed by atoms with van der Waals surface area (Å²) < 4.78 is 0. The molecule has 1 aromatic carbocycles. The quantitative estimate of drug-likeness (QED) is 0.698. The van der Waals surface area contributed by atoms with Crippen molar-refractivity contribution in [1.29, 1.82) is 0 Å². The number of carbonyl (C=O) groups is 2. The molecule has 0 bridgehead atoms. The van der Waals surface area contributed by atoms with Crippen molar-refractivity contribution in [1.82, 2.24) is 10.6 Å². The van der Waals surface area contributed by atoms with E-state index >= 15 is 0 Å². The lowest BCUT2D eigenvalue weighted by atomic mass is 9.96. The highest BCUT2D eigenvalue weighted by Crippen LogP contribution is 2.12. The first-order valence-corrected chi connectivity index (χ1v) is 5.83. The van der Waals surface area contributed by atoms with Gasteiger partial charge in [0.15, 0.2) is 0 Å². The molecule has 1 aliphatic rings. The number of aliphatic carboxylic acids is 1. The summed E-state index contributed by atoms with van der Waals surface area (Å²) >= 11 is 0. The fourth-order valence-electron chi connectivity index (χ4n) is 1.77. The van der Waals surface area contributed by atoms with Crippen molar-refractivity contribution >= 4 is 11.9 Å². The average Bonchev–Trinajstić information content (AvgIpc) is 2.46. The highest BCUT2D eigenvalue weighted by Gasteiger charge is 2.43. The van der Waals surface area contributed by atoms with Crippen molar-refractivity contribution in [3.05, 3.63) is 60.3 Å². The Morgan fingerprint density at radius 3 is 2.53 bits per heavy atom. The molecule has 1 aromatic rings. The molecule has 0 aliphatic carbocycles. The summed E-state index contributed by atoms with van der Waals surface area (Å²) in [5.41, 5.74) is -0.824. The second-order valence-corrected chi connectivity index (χ2v) is 4.14. The number of carboxylic acid groups (broad SMARTS) is 1. The number of carboxylic acids is 1. The predicted octanol–water partition coefficient (Wildman–Crippen LogP) is 0.799. The third-order valence-electron chi connectivity index (χ3n) is 2.86. The molecule has 1 heterocycles. The zero-order valence-electron chi connectivity index (χ0n) is 10.2. The van der Waals surface area contributed by atoms with Crippen LogP contribution in [-0.4, -0.2) is 22.5 Å². The first-order valence-electron chi connectivity index (χ1n) is 5.83. The van der Waals surface area contributed by atoms with Crippen molar-refractivity contribution < 1.29 is 14.7 Å². The van der Waals surface area contributed by atoms with Gasteiger partial charge in [0.25, 0.3) is 5.91 Å². The standard InChI is InChI=1S/C14H14N2O3/c17-12(15-10-11-6-2-1-3-7-11)14(13(18)19)8-4-5-9-16-14/h1-9,16H,10H2,(H,15,17)(H,18,19). The number of carbonyl (C=O) groups excluding carboxylic acids is 1. The Labute approximate surface area is 110 Å². The van der Waals surface area contributed by atoms with Gasteiger partial charge < -0.3 is 15.7 Å². The largest absolute Gasteiger partial charge is 0.479 e. The molecule has 0 saturated heterocycles. The van der Waals surface area contributed by atoms with E-state index in [1.165, 1.54) is 18.4 Å².